The van der Waals surface area contributed by atoms with Gasteiger partial charge in [-0.1, -0.05) is 6.92 Å². The molecule has 0 fully saturated rings. The molecule has 0 aliphatic rings. The zero-order valence-electron chi connectivity index (χ0n) is 11.4. The van der Waals surface area contributed by atoms with E-state index in [1.54, 1.807) is 29.2 Å². The third-order valence-corrected chi connectivity index (χ3v) is 2.78. The molecule has 3 N–H and O–H groups in total. The van der Waals surface area contributed by atoms with Crippen molar-refractivity contribution in [2.75, 3.05) is 25.0 Å². The summed E-state index contributed by atoms with van der Waals surface area (Å²) in [6.07, 6.45) is 0.279. The zero-order valence-corrected chi connectivity index (χ0v) is 11.4. The van der Waals surface area contributed by atoms with Gasteiger partial charge in [0.25, 0.3) is 0 Å². The van der Waals surface area contributed by atoms with Crippen LogP contribution in [0.3, 0.4) is 0 Å². The van der Waals surface area contributed by atoms with Crippen molar-refractivity contribution in [1.29, 1.82) is 5.26 Å². The van der Waals surface area contributed by atoms with Crippen LogP contribution in [0.15, 0.2) is 24.3 Å². The lowest BCUT2D eigenvalue weighted by Gasteiger charge is -2.17. The number of primary amides is 1. The summed E-state index contributed by atoms with van der Waals surface area (Å²) in [5.74, 6) is -0.544. The highest BCUT2D eigenvalue weighted by Crippen LogP contribution is 2.09. The van der Waals surface area contributed by atoms with Crippen molar-refractivity contribution in [3.05, 3.63) is 29.8 Å². The van der Waals surface area contributed by atoms with Crippen molar-refractivity contribution < 1.29 is 9.59 Å². The minimum absolute atomic E-state index is 0.141. The Balaban J connectivity index is 2.42. The highest BCUT2D eigenvalue weighted by Gasteiger charge is 2.09. The molecule has 0 radical (unpaired) electrons. The van der Waals surface area contributed by atoms with E-state index in [9.17, 15) is 9.59 Å². The first-order valence-corrected chi connectivity index (χ1v) is 6.35. The summed E-state index contributed by atoms with van der Waals surface area (Å²) in [6, 6.07) is 8.65. The Morgan fingerprint density at radius 1 is 1.35 bits per heavy atom. The normalized spacial score (nSPS) is 10.1. The van der Waals surface area contributed by atoms with Gasteiger partial charge in [-0.3, -0.25) is 14.5 Å². The summed E-state index contributed by atoms with van der Waals surface area (Å²) in [6.45, 7) is 3.19. The second-order valence-electron chi connectivity index (χ2n) is 4.32. The van der Waals surface area contributed by atoms with Crippen LogP contribution in [0.1, 0.15) is 18.9 Å². The van der Waals surface area contributed by atoms with Crippen LogP contribution in [0.5, 0.6) is 0 Å². The number of nitrogens with two attached hydrogens (primary N) is 1. The first kappa shape index (κ1) is 15.7. The van der Waals surface area contributed by atoms with Crippen LogP contribution in [0.2, 0.25) is 0 Å². The third kappa shape index (κ3) is 5.50. The first-order chi connectivity index (χ1) is 9.55. The van der Waals surface area contributed by atoms with Gasteiger partial charge in [0.2, 0.25) is 11.8 Å². The summed E-state index contributed by atoms with van der Waals surface area (Å²) in [7, 11) is 0. The maximum atomic E-state index is 11.8. The SMILES string of the molecule is CCN(CCC(=O)Nc1ccc(C#N)cc1)CC(N)=O. The number of amides is 2. The van der Waals surface area contributed by atoms with Gasteiger partial charge in [-0.15, -0.1) is 0 Å². The van der Waals surface area contributed by atoms with Gasteiger partial charge in [0, 0.05) is 18.7 Å². The summed E-state index contributed by atoms with van der Waals surface area (Å²) in [5.41, 5.74) is 6.31. The van der Waals surface area contributed by atoms with Crippen molar-refractivity contribution in [3.8, 4) is 6.07 Å². The van der Waals surface area contributed by atoms with Crippen LogP contribution < -0.4 is 11.1 Å². The van der Waals surface area contributed by atoms with Crippen molar-refractivity contribution in [1.82, 2.24) is 4.90 Å². The van der Waals surface area contributed by atoms with Gasteiger partial charge in [-0.2, -0.15) is 5.26 Å². The molecule has 0 saturated heterocycles. The van der Waals surface area contributed by atoms with E-state index in [4.69, 9.17) is 11.0 Å². The van der Waals surface area contributed by atoms with Gasteiger partial charge >= 0.3 is 0 Å². The molecule has 0 atom stereocenters. The Hall–Kier alpha value is -2.39. The quantitative estimate of drug-likeness (QED) is 0.764. The molecule has 20 heavy (non-hydrogen) atoms. The molecule has 2 amide bonds. The maximum absolute atomic E-state index is 11.8. The highest BCUT2D eigenvalue weighted by molar-refractivity contribution is 5.90. The van der Waals surface area contributed by atoms with Crippen LogP contribution in [0, 0.1) is 11.3 Å². The number of nitriles is 1. The molecular weight excluding hydrogens is 256 g/mol. The molecule has 0 bridgehead atoms. The number of hydrogen-bond donors (Lipinski definition) is 2. The average molecular weight is 274 g/mol. The second kappa shape index (κ2) is 7.92. The van der Waals surface area contributed by atoms with E-state index in [0.29, 0.717) is 24.3 Å². The Labute approximate surface area is 118 Å². The molecule has 0 spiro atoms. The first-order valence-electron chi connectivity index (χ1n) is 6.35. The summed E-state index contributed by atoms with van der Waals surface area (Å²) < 4.78 is 0. The summed E-state index contributed by atoms with van der Waals surface area (Å²) in [5, 5.41) is 11.4. The molecule has 1 rings (SSSR count). The topological polar surface area (TPSA) is 99.2 Å². The van der Waals surface area contributed by atoms with Crippen molar-refractivity contribution >= 4 is 17.5 Å². The Morgan fingerprint density at radius 2 is 2.00 bits per heavy atom. The van der Waals surface area contributed by atoms with Crippen LogP contribution in [0.25, 0.3) is 0 Å². The smallest absolute Gasteiger partial charge is 0.231 e. The largest absolute Gasteiger partial charge is 0.369 e. The van der Waals surface area contributed by atoms with Gasteiger partial charge in [0.15, 0.2) is 0 Å². The summed E-state index contributed by atoms with van der Waals surface area (Å²) >= 11 is 0. The lowest BCUT2D eigenvalue weighted by atomic mass is 10.2. The zero-order chi connectivity index (χ0) is 15.0. The van der Waals surface area contributed by atoms with Gasteiger partial charge in [-0.05, 0) is 30.8 Å². The molecular formula is C14H18N4O2. The minimum atomic E-state index is -0.403. The number of benzene rings is 1. The molecule has 1 aromatic rings. The molecule has 106 valence electrons. The number of carbonyl (C=O) groups is 2. The molecule has 6 heteroatoms. The van der Waals surface area contributed by atoms with E-state index in [2.05, 4.69) is 5.32 Å². The fourth-order valence-electron chi connectivity index (χ4n) is 1.68. The Morgan fingerprint density at radius 3 is 2.50 bits per heavy atom. The van der Waals surface area contributed by atoms with Crippen molar-refractivity contribution in [2.24, 2.45) is 5.73 Å². The van der Waals surface area contributed by atoms with E-state index < -0.39 is 5.91 Å². The lowest BCUT2D eigenvalue weighted by molar-refractivity contribution is -0.120. The molecule has 0 aliphatic carbocycles. The van der Waals surface area contributed by atoms with E-state index >= 15 is 0 Å². The molecule has 0 aliphatic heterocycles. The Bertz CT molecular complexity index is 505. The van der Waals surface area contributed by atoms with Gasteiger partial charge in [0.05, 0.1) is 18.2 Å². The predicted molar refractivity (Wildman–Crippen MR) is 75.7 cm³/mol. The monoisotopic (exact) mass is 274 g/mol. The Kier molecular flexibility index (Phi) is 6.20. The van der Waals surface area contributed by atoms with Gasteiger partial charge in [0.1, 0.15) is 0 Å². The number of nitrogens with one attached hydrogen (secondary N) is 1. The van der Waals surface area contributed by atoms with E-state index in [-0.39, 0.29) is 18.9 Å². The molecule has 0 aromatic heterocycles. The lowest BCUT2D eigenvalue weighted by Crippen LogP contribution is -2.35. The molecule has 1 aromatic carbocycles. The molecule has 0 saturated carbocycles. The number of nitrogens with zero attached hydrogens (tertiary/aromatic N) is 2. The van der Waals surface area contributed by atoms with Crippen LogP contribution in [0.4, 0.5) is 5.69 Å². The second-order valence-corrected chi connectivity index (χ2v) is 4.32. The minimum Gasteiger partial charge on any atom is -0.369 e. The summed E-state index contributed by atoms with van der Waals surface area (Å²) in [4.78, 5) is 24.4. The van der Waals surface area contributed by atoms with Crippen molar-refractivity contribution in [3.63, 3.8) is 0 Å². The fourth-order valence-corrected chi connectivity index (χ4v) is 1.68. The van der Waals surface area contributed by atoms with Gasteiger partial charge in [-0.25, -0.2) is 0 Å². The number of likely N-dealkylation sites (N-methyl/N-ethyl adjacent to an activating group) is 1. The van der Waals surface area contributed by atoms with Crippen LogP contribution in [-0.4, -0.2) is 36.3 Å². The number of anilines is 1. The third-order valence-electron chi connectivity index (χ3n) is 2.78. The molecule has 0 unspecified atom stereocenters. The van der Waals surface area contributed by atoms with E-state index in [0.717, 1.165) is 0 Å². The molecule has 0 heterocycles. The van der Waals surface area contributed by atoms with Crippen LogP contribution in [-0.2, 0) is 9.59 Å². The highest BCUT2D eigenvalue weighted by atomic mass is 16.2. The van der Waals surface area contributed by atoms with Crippen molar-refractivity contribution in [2.45, 2.75) is 13.3 Å². The van der Waals surface area contributed by atoms with E-state index in [1.165, 1.54) is 0 Å². The number of rotatable bonds is 7. The number of hydrogen-bond acceptors (Lipinski definition) is 4. The van der Waals surface area contributed by atoms with E-state index in [1.807, 2.05) is 13.0 Å². The maximum Gasteiger partial charge on any atom is 0.231 e. The number of carbonyl (C=O) groups excluding carboxylic acids is 2. The molecule has 6 nitrogen and oxygen atoms in total. The predicted octanol–water partition coefficient (Wildman–Crippen LogP) is 0.694. The average Bonchev–Trinajstić information content (AvgIpc) is 2.44. The fraction of sp³-hybridized carbons (Fsp3) is 0.357. The van der Waals surface area contributed by atoms with Gasteiger partial charge < -0.3 is 11.1 Å². The van der Waals surface area contributed by atoms with Crippen LogP contribution >= 0.6 is 0 Å². The standard InChI is InChI=1S/C14H18N4O2/c1-2-18(10-13(16)19)8-7-14(20)17-12-5-3-11(9-15)4-6-12/h3-6H,2,7-8,10H2,1H3,(H2,16,19)(H,17,20).